The molecule has 1 aliphatic heterocycles. The van der Waals surface area contributed by atoms with Crippen LogP contribution in [-0.2, 0) is 9.53 Å². The smallest absolute Gasteiger partial charge is 0.227 e. The Kier molecular flexibility index (Phi) is 6.10. The van der Waals surface area contributed by atoms with Gasteiger partial charge in [0.05, 0.1) is 11.5 Å². The number of rotatable bonds is 5. The Labute approximate surface area is 135 Å². The van der Waals surface area contributed by atoms with Gasteiger partial charge in [-0.2, -0.15) is 0 Å². The largest absolute Gasteiger partial charge is 0.377 e. The van der Waals surface area contributed by atoms with Crippen molar-refractivity contribution in [2.24, 2.45) is 22.5 Å². The molecule has 1 amide bonds. The minimum absolute atomic E-state index is 0. The van der Waals surface area contributed by atoms with Crippen LogP contribution < -0.4 is 11.1 Å². The Morgan fingerprint density at radius 1 is 1.38 bits per heavy atom. The predicted octanol–water partition coefficient (Wildman–Crippen LogP) is 2.49. The molecule has 0 bridgehead atoms. The highest BCUT2D eigenvalue weighted by Crippen LogP contribution is 2.51. The quantitative estimate of drug-likeness (QED) is 0.818. The molecule has 0 radical (unpaired) electrons. The minimum atomic E-state index is -0.406. The third kappa shape index (κ3) is 2.95. The van der Waals surface area contributed by atoms with Gasteiger partial charge in [0.2, 0.25) is 5.91 Å². The molecule has 4 nitrogen and oxygen atoms in total. The van der Waals surface area contributed by atoms with E-state index in [2.05, 4.69) is 19.2 Å². The molecule has 1 saturated heterocycles. The topological polar surface area (TPSA) is 64.4 Å². The molecular weight excluding hydrogens is 288 g/mol. The van der Waals surface area contributed by atoms with Gasteiger partial charge in [0, 0.05) is 30.5 Å². The second kappa shape index (κ2) is 6.84. The molecule has 3 N–H and O–H groups in total. The fraction of sp³-hybridized carbons (Fsp3) is 0.938. The van der Waals surface area contributed by atoms with Gasteiger partial charge in [-0.1, -0.05) is 27.7 Å². The van der Waals surface area contributed by atoms with Crippen molar-refractivity contribution in [2.45, 2.75) is 65.5 Å². The van der Waals surface area contributed by atoms with Crippen molar-refractivity contribution in [3.8, 4) is 0 Å². The average Bonchev–Trinajstić information content (AvgIpc) is 2.47. The molecule has 5 heteroatoms. The summed E-state index contributed by atoms with van der Waals surface area (Å²) in [6, 6.07) is 0.226. The Hall–Kier alpha value is -0.320. The monoisotopic (exact) mass is 318 g/mol. The highest BCUT2D eigenvalue weighted by Gasteiger charge is 2.59. The standard InChI is InChI=1S/C16H30N2O2.ClH/c1-5-16(6-2,10-17)14(19)18-12-11-8-7-9-20-13(11)15(12,3)4;/h11-13H,5-10,17H2,1-4H3,(H,18,19);1H. The number of carbonyl (C=O) groups excluding carboxylic acids is 1. The van der Waals surface area contributed by atoms with Crippen molar-refractivity contribution in [3.05, 3.63) is 0 Å². The summed E-state index contributed by atoms with van der Waals surface area (Å²) in [7, 11) is 0. The van der Waals surface area contributed by atoms with Crippen molar-refractivity contribution in [2.75, 3.05) is 13.2 Å². The molecule has 0 aromatic rings. The Bertz CT molecular complexity index is 361. The lowest BCUT2D eigenvalue weighted by Gasteiger charge is -2.60. The van der Waals surface area contributed by atoms with Crippen molar-refractivity contribution < 1.29 is 9.53 Å². The molecule has 0 aromatic carbocycles. The zero-order chi connectivity index (χ0) is 15.0. The Morgan fingerprint density at radius 2 is 2.00 bits per heavy atom. The van der Waals surface area contributed by atoms with E-state index < -0.39 is 5.41 Å². The zero-order valence-corrected chi connectivity index (χ0v) is 14.6. The van der Waals surface area contributed by atoms with Crippen LogP contribution in [0.2, 0.25) is 0 Å². The van der Waals surface area contributed by atoms with Gasteiger partial charge in [-0.15, -0.1) is 12.4 Å². The van der Waals surface area contributed by atoms with Crippen LogP contribution >= 0.6 is 12.4 Å². The lowest BCUT2D eigenvalue weighted by molar-refractivity contribution is -0.195. The first kappa shape index (κ1) is 18.7. The molecule has 0 aromatic heterocycles. The number of fused-ring (bicyclic) bond motifs is 1. The van der Waals surface area contributed by atoms with E-state index in [0.29, 0.717) is 18.6 Å². The summed E-state index contributed by atoms with van der Waals surface area (Å²) in [5.41, 5.74) is 5.50. The van der Waals surface area contributed by atoms with Crippen LogP contribution in [0.4, 0.5) is 0 Å². The van der Waals surface area contributed by atoms with E-state index in [0.717, 1.165) is 32.3 Å². The second-order valence-electron chi connectivity index (χ2n) is 7.06. The summed E-state index contributed by atoms with van der Waals surface area (Å²) in [5.74, 6) is 0.610. The number of nitrogens with two attached hydrogens (primary N) is 1. The fourth-order valence-electron chi connectivity index (χ4n) is 4.06. The maximum absolute atomic E-state index is 12.7. The molecule has 1 aliphatic carbocycles. The van der Waals surface area contributed by atoms with Crippen molar-refractivity contribution >= 4 is 18.3 Å². The molecule has 0 spiro atoms. The first-order valence-electron chi connectivity index (χ1n) is 8.05. The highest BCUT2D eigenvalue weighted by molar-refractivity contribution is 5.85. The van der Waals surface area contributed by atoms with Crippen molar-refractivity contribution in [1.82, 2.24) is 5.32 Å². The number of amides is 1. The van der Waals surface area contributed by atoms with Crippen molar-refractivity contribution in [3.63, 3.8) is 0 Å². The van der Waals surface area contributed by atoms with Crippen LogP contribution in [0.1, 0.15) is 53.4 Å². The van der Waals surface area contributed by atoms with E-state index in [4.69, 9.17) is 10.5 Å². The van der Waals surface area contributed by atoms with Gasteiger partial charge in [-0.3, -0.25) is 4.79 Å². The van der Waals surface area contributed by atoms with Gasteiger partial charge >= 0.3 is 0 Å². The van der Waals surface area contributed by atoms with Crippen LogP contribution in [-0.4, -0.2) is 31.2 Å². The Morgan fingerprint density at radius 3 is 2.52 bits per heavy atom. The van der Waals surface area contributed by atoms with E-state index in [1.807, 2.05) is 13.8 Å². The summed E-state index contributed by atoms with van der Waals surface area (Å²) in [6.07, 6.45) is 4.16. The van der Waals surface area contributed by atoms with Crippen LogP contribution in [0, 0.1) is 16.7 Å². The molecule has 3 unspecified atom stereocenters. The molecular formula is C16H31ClN2O2. The molecule has 3 atom stereocenters. The van der Waals surface area contributed by atoms with Crippen LogP contribution in [0.15, 0.2) is 0 Å². The zero-order valence-electron chi connectivity index (χ0n) is 13.8. The summed E-state index contributed by atoms with van der Waals surface area (Å²) in [6.45, 7) is 9.78. The first-order valence-corrected chi connectivity index (χ1v) is 8.05. The number of hydrogen-bond acceptors (Lipinski definition) is 3. The van der Waals surface area contributed by atoms with Gasteiger partial charge in [-0.25, -0.2) is 0 Å². The van der Waals surface area contributed by atoms with Crippen LogP contribution in [0.25, 0.3) is 0 Å². The molecule has 1 heterocycles. The molecule has 1 saturated carbocycles. The van der Waals surface area contributed by atoms with Crippen molar-refractivity contribution in [1.29, 1.82) is 0 Å². The van der Waals surface area contributed by atoms with E-state index >= 15 is 0 Å². The SMILES string of the molecule is CCC(CC)(CN)C(=O)NC1C2CCCOC2C1(C)C.Cl. The summed E-state index contributed by atoms with van der Waals surface area (Å²) < 4.78 is 5.89. The molecule has 2 aliphatic rings. The number of halogens is 1. The summed E-state index contributed by atoms with van der Waals surface area (Å²) in [4.78, 5) is 12.7. The normalized spacial score (nSPS) is 30.6. The first-order chi connectivity index (χ1) is 9.43. The van der Waals surface area contributed by atoms with E-state index in [1.54, 1.807) is 0 Å². The lowest BCUT2D eigenvalue weighted by atomic mass is 9.55. The average molecular weight is 319 g/mol. The van der Waals surface area contributed by atoms with Gasteiger partial charge in [-0.05, 0) is 25.7 Å². The fourth-order valence-corrected chi connectivity index (χ4v) is 4.06. The van der Waals surface area contributed by atoms with Gasteiger partial charge < -0.3 is 15.8 Å². The van der Waals surface area contributed by atoms with Gasteiger partial charge in [0.15, 0.2) is 0 Å². The van der Waals surface area contributed by atoms with E-state index in [1.165, 1.54) is 0 Å². The third-order valence-corrected chi connectivity index (χ3v) is 5.84. The minimum Gasteiger partial charge on any atom is -0.377 e. The molecule has 21 heavy (non-hydrogen) atoms. The predicted molar refractivity (Wildman–Crippen MR) is 87.5 cm³/mol. The summed E-state index contributed by atoms with van der Waals surface area (Å²) in [5, 5.41) is 3.30. The third-order valence-electron chi connectivity index (χ3n) is 5.84. The van der Waals surface area contributed by atoms with Crippen LogP contribution in [0.5, 0.6) is 0 Å². The molecule has 2 fully saturated rings. The number of nitrogens with one attached hydrogen (secondary N) is 1. The van der Waals surface area contributed by atoms with E-state index in [9.17, 15) is 4.79 Å². The van der Waals surface area contributed by atoms with E-state index in [-0.39, 0.29) is 29.8 Å². The lowest BCUT2D eigenvalue weighted by Crippen LogP contribution is -2.71. The molecule has 2 rings (SSSR count). The number of hydrogen-bond donors (Lipinski definition) is 2. The van der Waals surface area contributed by atoms with Gasteiger partial charge in [0.25, 0.3) is 0 Å². The maximum Gasteiger partial charge on any atom is 0.227 e. The maximum atomic E-state index is 12.7. The number of ether oxygens (including phenoxy) is 1. The summed E-state index contributed by atoms with van der Waals surface area (Å²) >= 11 is 0. The second-order valence-corrected chi connectivity index (χ2v) is 7.06. The number of carbonyl (C=O) groups is 1. The van der Waals surface area contributed by atoms with Gasteiger partial charge in [0.1, 0.15) is 0 Å². The highest BCUT2D eigenvalue weighted by atomic mass is 35.5. The van der Waals surface area contributed by atoms with Crippen LogP contribution in [0.3, 0.4) is 0 Å². The molecule has 124 valence electrons. The Balaban J connectivity index is 0.00000220.